The van der Waals surface area contributed by atoms with Gasteiger partial charge in [0.2, 0.25) is 11.1 Å². The smallest absolute Gasteiger partial charge is 0.325 e. The number of carbonyl (C=O) groups excluding carboxylic acids is 1. The van der Waals surface area contributed by atoms with Crippen LogP contribution in [0.15, 0.2) is 65.1 Å². The Morgan fingerprint density at radius 3 is 2.84 bits per heavy atom. The Morgan fingerprint density at radius 2 is 2.16 bits per heavy atom. The van der Waals surface area contributed by atoms with Crippen LogP contribution in [-0.4, -0.2) is 28.9 Å². The number of amides is 1. The highest BCUT2D eigenvalue weighted by atomic mass is 35.5. The predicted octanol–water partition coefficient (Wildman–Crippen LogP) is 3.97. The van der Waals surface area contributed by atoms with Crippen molar-refractivity contribution in [2.75, 3.05) is 17.8 Å². The minimum absolute atomic E-state index is 0.102. The van der Waals surface area contributed by atoms with Crippen LogP contribution in [0.1, 0.15) is 25.1 Å². The molecule has 4 rings (SSSR count). The van der Waals surface area contributed by atoms with E-state index in [0.717, 1.165) is 0 Å². The minimum Gasteiger partial charge on any atom is -0.495 e. The molecule has 0 saturated carbocycles. The summed E-state index contributed by atoms with van der Waals surface area (Å²) in [5.41, 5.74) is 2.08. The van der Waals surface area contributed by atoms with Gasteiger partial charge in [-0.15, -0.1) is 6.58 Å². The Balaban J connectivity index is 2.03. The van der Waals surface area contributed by atoms with Crippen molar-refractivity contribution in [3.8, 4) is 17.0 Å². The number of H-pyrrole nitrogens is 1. The fourth-order valence-corrected chi connectivity index (χ4v) is 4.61. The number of nitrogens with zero attached hydrogens (tertiary/aromatic N) is 3. The Morgan fingerprint density at radius 1 is 1.38 bits per heavy atom. The van der Waals surface area contributed by atoms with Crippen LogP contribution in [0.25, 0.3) is 11.3 Å². The monoisotopic (exact) mass is 469 g/mol. The second-order valence-electron chi connectivity index (χ2n) is 7.05. The summed E-state index contributed by atoms with van der Waals surface area (Å²) in [5, 5.41) is 5.56. The van der Waals surface area contributed by atoms with Gasteiger partial charge in [0.15, 0.2) is 0 Å². The number of para-hydroxylation sites is 1. The molecule has 164 valence electrons. The van der Waals surface area contributed by atoms with E-state index in [9.17, 15) is 9.59 Å². The fourth-order valence-electron chi connectivity index (χ4n) is 3.76. The van der Waals surface area contributed by atoms with Gasteiger partial charge in [-0.3, -0.25) is 14.6 Å². The van der Waals surface area contributed by atoms with Gasteiger partial charge in [-0.05, 0) is 35.0 Å². The van der Waals surface area contributed by atoms with E-state index in [1.165, 1.54) is 11.8 Å². The zero-order valence-electron chi connectivity index (χ0n) is 17.7. The highest BCUT2D eigenvalue weighted by Crippen LogP contribution is 2.39. The largest absolute Gasteiger partial charge is 0.495 e. The molecule has 2 aromatic carbocycles. The molecule has 0 bridgehead atoms. The number of halogens is 1. The average molecular weight is 470 g/mol. The first-order valence-electron chi connectivity index (χ1n) is 10.0. The van der Waals surface area contributed by atoms with E-state index in [1.807, 2.05) is 30.3 Å². The maximum Gasteiger partial charge on any atom is 0.325 e. The predicted molar refractivity (Wildman–Crippen MR) is 125 cm³/mol. The SMILES string of the molecule is C=CCSc1n[n+]2c(c(=O)[nH]1)-c1ccccc1N(C(=O)CC)[C@@H]2c1ccc(OC)c(Cl)c1. The van der Waals surface area contributed by atoms with Gasteiger partial charge in [0.1, 0.15) is 5.75 Å². The summed E-state index contributed by atoms with van der Waals surface area (Å²) in [5.74, 6) is 0.997. The number of anilines is 1. The van der Waals surface area contributed by atoms with Crippen LogP contribution in [0, 0.1) is 0 Å². The van der Waals surface area contributed by atoms with Crippen molar-refractivity contribution in [2.24, 2.45) is 0 Å². The first-order valence-corrected chi connectivity index (χ1v) is 11.4. The molecule has 9 heteroatoms. The van der Waals surface area contributed by atoms with Crippen molar-refractivity contribution in [3.63, 3.8) is 0 Å². The van der Waals surface area contributed by atoms with Crippen molar-refractivity contribution < 1.29 is 14.2 Å². The molecule has 0 unspecified atom stereocenters. The molecule has 7 nitrogen and oxygen atoms in total. The Hall–Kier alpha value is -3.10. The Labute approximate surface area is 194 Å². The highest BCUT2D eigenvalue weighted by molar-refractivity contribution is 7.99. The number of ether oxygens (including phenoxy) is 1. The lowest BCUT2D eigenvalue weighted by Gasteiger charge is -2.32. The number of hydrogen-bond donors (Lipinski definition) is 1. The van der Waals surface area contributed by atoms with E-state index in [2.05, 4.69) is 11.6 Å². The van der Waals surface area contributed by atoms with Crippen LogP contribution in [0.4, 0.5) is 5.69 Å². The molecule has 1 atom stereocenters. The minimum atomic E-state index is -0.693. The summed E-state index contributed by atoms with van der Waals surface area (Å²) in [7, 11) is 1.54. The maximum atomic E-state index is 13.2. The lowest BCUT2D eigenvalue weighted by atomic mass is 10.0. The van der Waals surface area contributed by atoms with Crippen molar-refractivity contribution in [1.82, 2.24) is 10.1 Å². The molecule has 1 amide bonds. The number of thioether (sulfide) groups is 1. The number of aromatic amines is 1. The number of benzene rings is 2. The normalized spacial score (nSPS) is 14.5. The molecule has 1 aliphatic heterocycles. The van der Waals surface area contributed by atoms with Crippen molar-refractivity contribution in [1.29, 1.82) is 0 Å². The van der Waals surface area contributed by atoms with Crippen molar-refractivity contribution in [3.05, 3.63) is 76.1 Å². The molecule has 0 radical (unpaired) electrons. The van der Waals surface area contributed by atoms with Crippen LogP contribution >= 0.6 is 23.4 Å². The molecular weight excluding hydrogens is 448 g/mol. The number of methoxy groups -OCH3 is 1. The third kappa shape index (κ3) is 3.80. The third-order valence-corrected chi connectivity index (χ3v) is 6.30. The summed E-state index contributed by atoms with van der Waals surface area (Å²) in [6.45, 7) is 5.53. The van der Waals surface area contributed by atoms with E-state index in [0.29, 0.717) is 44.2 Å². The third-order valence-electron chi connectivity index (χ3n) is 5.14. The lowest BCUT2D eigenvalue weighted by molar-refractivity contribution is -0.763. The zero-order valence-corrected chi connectivity index (χ0v) is 19.2. The van der Waals surface area contributed by atoms with Gasteiger partial charge in [0.25, 0.3) is 6.17 Å². The van der Waals surface area contributed by atoms with E-state index in [-0.39, 0.29) is 17.9 Å². The average Bonchev–Trinajstić information content (AvgIpc) is 2.81. The first-order chi connectivity index (χ1) is 15.5. The quantitative estimate of drug-likeness (QED) is 0.336. The van der Waals surface area contributed by atoms with Gasteiger partial charge in [-0.2, -0.15) is 0 Å². The standard InChI is InChI=1S/C23H21ClN4O3S/c1-4-12-32-23-25-21(30)20-15-8-6-7-9-17(15)27(19(29)5-2)22(28(20)26-23)14-10-11-18(31-3)16(24)13-14/h4,6-11,13,22H,1,5,12H2,2-3H3/p+1/t22-/m0/s1. The maximum absolute atomic E-state index is 13.2. The summed E-state index contributed by atoms with van der Waals surface area (Å²) in [6.07, 6.45) is 1.32. The topological polar surface area (TPSA) is 79.2 Å². The van der Waals surface area contributed by atoms with Gasteiger partial charge in [-0.1, -0.05) is 48.5 Å². The second kappa shape index (κ2) is 9.18. The molecule has 1 aromatic heterocycles. The fraction of sp³-hybridized carbons (Fsp3) is 0.217. The molecule has 0 aliphatic carbocycles. The summed E-state index contributed by atoms with van der Waals surface area (Å²) in [4.78, 5) is 30.9. The Bertz CT molecular complexity index is 1260. The van der Waals surface area contributed by atoms with Crippen LogP contribution in [-0.2, 0) is 4.79 Å². The molecule has 3 aromatic rings. The van der Waals surface area contributed by atoms with Gasteiger partial charge >= 0.3 is 11.3 Å². The second-order valence-corrected chi connectivity index (χ2v) is 8.47. The number of fused-ring (bicyclic) bond motifs is 3. The number of carbonyl (C=O) groups is 1. The van der Waals surface area contributed by atoms with Crippen LogP contribution in [0.3, 0.4) is 0 Å². The van der Waals surface area contributed by atoms with Crippen molar-refractivity contribution >= 4 is 35.0 Å². The number of hydrogen-bond acceptors (Lipinski definition) is 5. The van der Waals surface area contributed by atoms with Gasteiger partial charge < -0.3 is 4.74 Å². The van der Waals surface area contributed by atoms with Crippen LogP contribution in [0.2, 0.25) is 5.02 Å². The molecule has 0 fully saturated rings. The number of nitrogens with one attached hydrogen (secondary N) is 1. The summed E-state index contributed by atoms with van der Waals surface area (Å²) < 4.78 is 6.90. The van der Waals surface area contributed by atoms with Gasteiger partial charge in [0, 0.05) is 22.8 Å². The molecule has 32 heavy (non-hydrogen) atoms. The van der Waals surface area contributed by atoms with Gasteiger partial charge in [0.05, 0.1) is 23.4 Å². The summed E-state index contributed by atoms with van der Waals surface area (Å²) >= 11 is 7.78. The van der Waals surface area contributed by atoms with E-state index >= 15 is 0 Å². The van der Waals surface area contributed by atoms with E-state index < -0.39 is 6.17 Å². The van der Waals surface area contributed by atoms with Crippen LogP contribution < -0.4 is 19.9 Å². The molecule has 2 heterocycles. The van der Waals surface area contributed by atoms with Crippen LogP contribution in [0.5, 0.6) is 5.75 Å². The Kier molecular flexibility index (Phi) is 6.34. The molecule has 1 N–H and O–H groups in total. The zero-order chi connectivity index (χ0) is 22.8. The van der Waals surface area contributed by atoms with E-state index in [4.69, 9.17) is 21.4 Å². The van der Waals surface area contributed by atoms with Gasteiger partial charge in [-0.25, -0.2) is 4.90 Å². The van der Waals surface area contributed by atoms with Crippen molar-refractivity contribution in [2.45, 2.75) is 24.7 Å². The van der Waals surface area contributed by atoms with E-state index in [1.54, 1.807) is 41.8 Å². The molecular formula is C23H22ClN4O3S+. The number of aromatic nitrogens is 3. The summed E-state index contributed by atoms with van der Waals surface area (Å²) in [6, 6.07) is 12.7. The molecule has 0 saturated heterocycles. The highest BCUT2D eigenvalue weighted by Gasteiger charge is 2.45. The first kappa shape index (κ1) is 22.1. The molecule has 0 spiro atoms. The lowest BCUT2D eigenvalue weighted by Crippen LogP contribution is -2.60. The molecule has 1 aliphatic rings. The number of rotatable bonds is 6.